The summed E-state index contributed by atoms with van der Waals surface area (Å²) in [5.41, 5.74) is 9.92. The van der Waals surface area contributed by atoms with Crippen LogP contribution in [0.5, 0.6) is 0 Å². The van der Waals surface area contributed by atoms with E-state index in [0.717, 1.165) is 12.4 Å². The van der Waals surface area contributed by atoms with Crippen molar-refractivity contribution in [3.63, 3.8) is 0 Å². The molecule has 0 radical (unpaired) electrons. The Morgan fingerprint density at radius 1 is 0.589 bits per heavy atom. The van der Waals surface area contributed by atoms with E-state index in [9.17, 15) is 26.7 Å². The number of aromatic nitrogens is 14. The van der Waals surface area contributed by atoms with Crippen LogP contribution in [0.2, 0.25) is 5.15 Å². The number of benzene rings is 2. The molecule has 73 heavy (non-hydrogen) atoms. The monoisotopic (exact) mass is 1010 g/mol. The van der Waals surface area contributed by atoms with Gasteiger partial charge in [0, 0.05) is 41.1 Å². The zero-order valence-electron chi connectivity index (χ0n) is 37.1. The van der Waals surface area contributed by atoms with E-state index in [1.54, 1.807) is 94.3 Å². The summed E-state index contributed by atoms with van der Waals surface area (Å²) in [6, 6.07) is 25.8. The minimum Gasteiger partial charge on any atom is -0.382 e. The Morgan fingerprint density at radius 3 is 1.62 bits per heavy atom. The molecule has 0 aliphatic carbocycles. The highest BCUT2D eigenvalue weighted by molar-refractivity contribution is 6.29. The van der Waals surface area contributed by atoms with Crippen LogP contribution in [0.1, 0.15) is 22.4 Å². The van der Waals surface area contributed by atoms with Crippen LogP contribution in [0.15, 0.2) is 153 Å². The summed E-state index contributed by atoms with van der Waals surface area (Å²) in [4.78, 5) is 29.0. The lowest BCUT2D eigenvalue weighted by Gasteiger charge is -2.06. The normalized spacial score (nSPS) is 10.9. The van der Waals surface area contributed by atoms with E-state index >= 15 is 0 Å². The molecule has 0 spiro atoms. The molecule has 0 amide bonds. The zero-order valence-corrected chi connectivity index (χ0v) is 37.9. The summed E-state index contributed by atoms with van der Waals surface area (Å²) in [5, 5.41) is 31.7. The minimum atomic E-state index is -0.998. The summed E-state index contributed by atoms with van der Waals surface area (Å²) >= 11 is 5.72. The minimum absolute atomic E-state index is 0.0628. The Morgan fingerprint density at radius 2 is 1.10 bits per heavy atom. The van der Waals surface area contributed by atoms with Crippen LogP contribution in [0.4, 0.5) is 22.0 Å². The van der Waals surface area contributed by atoms with Crippen LogP contribution in [0, 0.1) is 34.6 Å². The molecule has 26 heteroatoms. The third-order valence-corrected chi connectivity index (χ3v) is 10.6. The second-order valence-electron chi connectivity index (χ2n) is 15.2. The molecule has 11 rings (SSSR count). The fourth-order valence-electron chi connectivity index (χ4n) is 6.87. The van der Waals surface area contributed by atoms with Crippen molar-refractivity contribution in [1.82, 2.24) is 69.7 Å². The van der Waals surface area contributed by atoms with Crippen LogP contribution < -0.4 is 11.3 Å². The van der Waals surface area contributed by atoms with Gasteiger partial charge in [-0.25, -0.2) is 33.1 Å². The average molecular weight is 1020 g/mol. The number of hydrogen-bond acceptors (Lipinski definition) is 15. The van der Waals surface area contributed by atoms with Crippen molar-refractivity contribution in [1.29, 1.82) is 5.41 Å². The van der Waals surface area contributed by atoms with Gasteiger partial charge in [0.05, 0.1) is 49.1 Å². The van der Waals surface area contributed by atoms with Gasteiger partial charge in [-0.15, -0.1) is 0 Å². The van der Waals surface area contributed by atoms with Crippen LogP contribution in [-0.2, 0) is 19.6 Å². The molecule has 0 bridgehead atoms. The maximum atomic E-state index is 14.0. The summed E-state index contributed by atoms with van der Waals surface area (Å²) in [6.45, 7) is 0.430. The zero-order chi connectivity index (χ0) is 51.0. The molecule has 11 aromatic rings. The highest BCUT2D eigenvalue weighted by Crippen LogP contribution is 2.27. The topological polar surface area (TPSA) is 266 Å². The van der Waals surface area contributed by atoms with Gasteiger partial charge in [0.2, 0.25) is 11.8 Å². The molecule has 0 aliphatic rings. The van der Waals surface area contributed by atoms with Crippen LogP contribution in [-0.4, -0.2) is 75.6 Å². The number of hydrogen-bond donors (Lipinski definition) is 3. The highest BCUT2D eigenvalue weighted by Gasteiger charge is 2.20. The van der Waals surface area contributed by atoms with Gasteiger partial charge in [-0.05, 0) is 36.4 Å². The number of nitrogens with two attached hydrogens (primary N) is 1. The summed E-state index contributed by atoms with van der Waals surface area (Å²) in [6.07, 6.45) is 7.36. The smallest absolute Gasteiger partial charge is 0.287 e. The van der Waals surface area contributed by atoms with Gasteiger partial charge in [-0.3, -0.25) is 24.2 Å². The first-order valence-electron chi connectivity index (χ1n) is 21.2. The van der Waals surface area contributed by atoms with E-state index in [-0.39, 0.29) is 59.6 Å². The van der Waals surface area contributed by atoms with E-state index in [0.29, 0.717) is 62.2 Å². The van der Waals surface area contributed by atoms with E-state index < -0.39 is 23.1 Å². The Bertz CT molecular complexity index is 3730. The van der Waals surface area contributed by atoms with Crippen molar-refractivity contribution in [3.8, 4) is 57.2 Å². The summed E-state index contributed by atoms with van der Waals surface area (Å²) in [5.74, 6) is -2.95. The van der Waals surface area contributed by atoms with Crippen molar-refractivity contribution in [3.05, 3.63) is 202 Å². The molecule has 0 saturated heterocycles. The number of aromatic amines is 1. The van der Waals surface area contributed by atoms with Crippen molar-refractivity contribution >= 4 is 17.4 Å². The second-order valence-corrected chi connectivity index (χ2v) is 15.5. The summed E-state index contributed by atoms with van der Waals surface area (Å²) in [7, 11) is 0. The molecule has 366 valence electrons. The molecule has 9 aromatic heterocycles. The van der Waals surface area contributed by atoms with Crippen LogP contribution in [0.25, 0.3) is 57.2 Å². The SMILES string of the molecule is Fc1ccccc1Cn1nc(-c2ncc(F)c(Cl)n2)cc1-c1ccon1.N=C(N)c1cc(-c2ccon2)n(Cc2ccccc2F)n1.O=c1[nH]c(-c2cc(-c3ccon3)n(Cc3cccnc3F)n2)ncc1F. The number of halogens is 6. The maximum absolute atomic E-state index is 14.0. The first-order chi connectivity index (χ1) is 35.4. The molecule has 2 aromatic carbocycles. The van der Waals surface area contributed by atoms with E-state index in [1.165, 1.54) is 41.8 Å². The van der Waals surface area contributed by atoms with E-state index in [1.807, 2.05) is 0 Å². The molecule has 0 unspecified atom stereocenters. The number of nitrogens with one attached hydrogen (secondary N) is 2. The number of nitrogen functional groups attached to an aromatic ring is 1. The van der Waals surface area contributed by atoms with Gasteiger partial charge < -0.3 is 24.3 Å². The first kappa shape index (κ1) is 48.3. The van der Waals surface area contributed by atoms with Crippen molar-refractivity contribution < 1.29 is 35.5 Å². The van der Waals surface area contributed by atoms with E-state index in [2.05, 4.69) is 55.7 Å². The van der Waals surface area contributed by atoms with Crippen molar-refractivity contribution in [2.24, 2.45) is 5.73 Å². The average Bonchev–Trinajstić information content (AvgIpc) is 4.25. The molecule has 0 fully saturated rings. The summed E-state index contributed by atoms with van der Waals surface area (Å²) < 4.78 is 87.2. The maximum Gasteiger partial charge on any atom is 0.287 e. The predicted molar refractivity (Wildman–Crippen MR) is 248 cm³/mol. The molecule has 0 aliphatic heterocycles. The molecule has 9 heterocycles. The number of amidine groups is 1. The largest absolute Gasteiger partial charge is 0.382 e. The van der Waals surface area contributed by atoms with Gasteiger partial charge in [-0.1, -0.05) is 69.5 Å². The molecule has 0 saturated carbocycles. The number of nitrogens with zero attached hydrogens (tertiary/aromatic N) is 13. The molecule has 20 nitrogen and oxygen atoms in total. The van der Waals surface area contributed by atoms with E-state index in [4.69, 9.17) is 36.3 Å². The van der Waals surface area contributed by atoms with Crippen LogP contribution >= 0.6 is 11.6 Å². The lowest BCUT2D eigenvalue weighted by atomic mass is 10.2. The van der Waals surface area contributed by atoms with Gasteiger partial charge in [0.15, 0.2) is 22.6 Å². The lowest BCUT2D eigenvalue weighted by molar-refractivity contribution is 0.421. The standard InChI is InChI=1S/C17H10ClF2N5O.C16H10F2N6O2.C14H12FN5O/c18-16-12(20)8-21-17(22-16)14-7-15(13-5-6-26-24-13)25(23-14)9-10-3-1-2-4-11(10)19;17-10-7-20-15(21-16(10)25)12-6-13(11-3-5-26-23-11)24(22-12)8-9-2-1-4-19-14(9)18;15-10-4-2-1-3-9(10)8-20-13(11-5-6-21-19-11)7-12(18-20)14(16)17/h1-8H,9H2;1-7H,8H2,(H,20,21,25);1-7H,8H2,(H3,16,17). The Hall–Kier alpha value is -9.78. The quantitative estimate of drug-likeness (QED) is 0.0344. The number of rotatable bonds is 12. The van der Waals surface area contributed by atoms with Gasteiger partial charge in [-0.2, -0.15) is 24.1 Å². The highest BCUT2D eigenvalue weighted by atomic mass is 35.5. The Balaban J connectivity index is 0.000000136. The predicted octanol–water partition coefficient (Wildman–Crippen LogP) is 7.99. The molecule has 0 atom stereocenters. The van der Waals surface area contributed by atoms with Gasteiger partial charge >= 0.3 is 0 Å². The molecule has 4 N–H and O–H groups in total. The second kappa shape index (κ2) is 21.5. The van der Waals surface area contributed by atoms with Gasteiger partial charge in [0.25, 0.3) is 5.56 Å². The Kier molecular flexibility index (Phi) is 14.2. The number of H-pyrrole nitrogens is 1. The molecular weight excluding hydrogens is 983 g/mol. The van der Waals surface area contributed by atoms with Gasteiger partial charge in [0.1, 0.15) is 70.4 Å². The third kappa shape index (κ3) is 11.2. The third-order valence-electron chi connectivity index (χ3n) is 10.4. The lowest BCUT2D eigenvalue weighted by Crippen LogP contribution is -2.13. The fourth-order valence-corrected chi connectivity index (χ4v) is 7.00. The van der Waals surface area contributed by atoms with Crippen molar-refractivity contribution in [2.45, 2.75) is 19.6 Å². The van der Waals surface area contributed by atoms with Crippen LogP contribution in [0.3, 0.4) is 0 Å². The Labute approximate surface area is 411 Å². The fraction of sp³-hybridized carbons (Fsp3) is 0.0638. The first-order valence-corrected chi connectivity index (χ1v) is 21.6. The number of pyridine rings is 1. The molecular formula is C47H32ClF5N16O4. The van der Waals surface area contributed by atoms with Crippen molar-refractivity contribution in [2.75, 3.05) is 0 Å².